The average molecular weight is 363 g/mol. The number of furan rings is 1. The number of carbonyl (C=O) groups excluding carboxylic acids is 2. The summed E-state index contributed by atoms with van der Waals surface area (Å²) in [5.41, 5.74) is 1.83. The van der Waals surface area contributed by atoms with Crippen LogP contribution >= 0.6 is 22.7 Å². The van der Waals surface area contributed by atoms with Crippen molar-refractivity contribution >= 4 is 34.6 Å². The van der Waals surface area contributed by atoms with Crippen molar-refractivity contribution < 1.29 is 23.5 Å². The van der Waals surface area contributed by atoms with Gasteiger partial charge in [-0.3, -0.25) is 0 Å². The molecule has 6 nitrogen and oxygen atoms in total. The lowest BCUT2D eigenvalue weighted by atomic mass is 10.2. The number of hydrogen-bond acceptors (Lipinski definition) is 8. The van der Waals surface area contributed by atoms with E-state index in [2.05, 4.69) is 9.72 Å². The molecule has 0 aliphatic rings. The minimum Gasteiger partial charge on any atom is -0.465 e. The van der Waals surface area contributed by atoms with Gasteiger partial charge in [-0.1, -0.05) is 0 Å². The Morgan fingerprint density at radius 1 is 1.29 bits per heavy atom. The van der Waals surface area contributed by atoms with Crippen molar-refractivity contribution in [1.29, 1.82) is 0 Å². The third kappa shape index (κ3) is 3.24. The summed E-state index contributed by atoms with van der Waals surface area (Å²) in [6.45, 7) is 1.61. The van der Waals surface area contributed by atoms with Gasteiger partial charge in [-0.15, -0.1) is 11.3 Å². The molecular weight excluding hydrogens is 350 g/mol. The number of carbonyl (C=O) groups is 2. The number of rotatable bonds is 5. The number of ether oxygens (including phenoxy) is 2. The van der Waals surface area contributed by atoms with Crippen LogP contribution in [0.3, 0.4) is 0 Å². The van der Waals surface area contributed by atoms with Crippen LogP contribution in [0.1, 0.15) is 31.5 Å². The summed E-state index contributed by atoms with van der Waals surface area (Å²) in [5.74, 6) is -0.794. The first-order chi connectivity index (χ1) is 11.6. The summed E-state index contributed by atoms with van der Waals surface area (Å²) in [4.78, 5) is 28.7. The van der Waals surface area contributed by atoms with Crippen LogP contribution in [0.15, 0.2) is 33.6 Å². The van der Waals surface area contributed by atoms with Crippen molar-refractivity contribution in [2.24, 2.45) is 0 Å². The molecule has 3 rings (SSSR count). The molecule has 0 saturated carbocycles. The third-order valence-electron chi connectivity index (χ3n) is 3.24. The maximum Gasteiger partial charge on any atom is 0.350 e. The fraction of sp³-hybridized carbons (Fsp3) is 0.188. The number of esters is 2. The predicted octanol–water partition coefficient (Wildman–Crippen LogP) is 3.92. The highest BCUT2D eigenvalue weighted by atomic mass is 32.1. The lowest BCUT2D eigenvalue weighted by molar-refractivity contribution is 0.0436. The van der Waals surface area contributed by atoms with Crippen molar-refractivity contribution in [3.05, 3.63) is 51.1 Å². The highest BCUT2D eigenvalue weighted by molar-refractivity contribution is 7.17. The molecule has 0 amide bonds. The molecule has 0 saturated heterocycles. The number of thiazole rings is 1. The van der Waals surface area contributed by atoms with Gasteiger partial charge in [0, 0.05) is 10.9 Å². The van der Waals surface area contributed by atoms with E-state index in [9.17, 15) is 9.59 Å². The lowest BCUT2D eigenvalue weighted by Crippen LogP contribution is -2.08. The highest BCUT2D eigenvalue weighted by Crippen LogP contribution is 2.30. The van der Waals surface area contributed by atoms with Gasteiger partial charge >= 0.3 is 11.9 Å². The molecule has 0 aliphatic heterocycles. The molecule has 0 aromatic carbocycles. The number of nitrogens with zero attached hydrogens (tertiary/aromatic N) is 1. The van der Waals surface area contributed by atoms with Crippen LogP contribution in [-0.2, 0) is 16.1 Å². The minimum absolute atomic E-state index is 0.151. The van der Waals surface area contributed by atoms with Gasteiger partial charge in [0.1, 0.15) is 15.4 Å². The van der Waals surface area contributed by atoms with Gasteiger partial charge < -0.3 is 13.9 Å². The summed E-state index contributed by atoms with van der Waals surface area (Å²) in [6.07, 6.45) is 1.35. The zero-order valence-corrected chi connectivity index (χ0v) is 14.5. The summed E-state index contributed by atoms with van der Waals surface area (Å²) in [7, 11) is 1.28. The van der Waals surface area contributed by atoms with Crippen molar-refractivity contribution in [2.45, 2.75) is 13.5 Å². The molecule has 24 heavy (non-hydrogen) atoms. The molecule has 3 aromatic heterocycles. The fourth-order valence-corrected chi connectivity index (χ4v) is 3.71. The smallest absolute Gasteiger partial charge is 0.350 e. The van der Waals surface area contributed by atoms with Crippen LogP contribution in [0.5, 0.6) is 0 Å². The van der Waals surface area contributed by atoms with Crippen molar-refractivity contribution in [1.82, 2.24) is 4.98 Å². The van der Waals surface area contributed by atoms with E-state index in [1.165, 1.54) is 30.8 Å². The first-order valence-corrected chi connectivity index (χ1v) is 8.68. The molecule has 0 spiro atoms. The Balaban J connectivity index is 1.72. The first kappa shape index (κ1) is 16.4. The van der Waals surface area contributed by atoms with Crippen LogP contribution in [0, 0.1) is 6.92 Å². The van der Waals surface area contributed by atoms with Crippen molar-refractivity contribution in [3.8, 4) is 10.6 Å². The van der Waals surface area contributed by atoms with Gasteiger partial charge in [0.25, 0.3) is 0 Å². The minimum atomic E-state index is -0.538. The Bertz CT molecular complexity index is 863. The molecule has 0 fully saturated rings. The molecule has 0 bridgehead atoms. The number of aryl methyl sites for hydroxylation is 1. The number of methoxy groups -OCH3 is 1. The molecule has 3 heterocycles. The van der Waals surface area contributed by atoms with Crippen molar-refractivity contribution in [2.75, 3.05) is 7.11 Å². The molecule has 0 N–H and O–H groups in total. The second-order valence-electron chi connectivity index (χ2n) is 4.77. The van der Waals surface area contributed by atoms with Gasteiger partial charge in [0.15, 0.2) is 12.4 Å². The van der Waals surface area contributed by atoms with Gasteiger partial charge in [-0.2, -0.15) is 11.3 Å². The topological polar surface area (TPSA) is 78.6 Å². The molecule has 8 heteroatoms. The SMILES string of the molecule is COC(=O)c1ccoc1COC(=O)c1sc(-c2ccsc2)nc1C. The number of thiophene rings is 1. The summed E-state index contributed by atoms with van der Waals surface area (Å²) in [5, 5.41) is 4.70. The summed E-state index contributed by atoms with van der Waals surface area (Å²) >= 11 is 2.84. The van der Waals surface area contributed by atoms with Gasteiger partial charge in [-0.05, 0) is 24.4 Å². The predicted molar refractivity (Wildman–Crippen MR) is 89.3 cm³/mol. The molecule has 0 radical (unpaired) electrons. The standard InChI is InChI=1S/C16H13NO5S2/c1-9-13(24-14(17-9)10-4-6-23-8-10)16(19)22-7-12-11(3-5-21-12)15(18)20-2/h3-6,8H,7H2,1-2H3. The molecule has 0 unspecified atom stereocenters. The third-order valence-corrected chi connectivity index (χ3v) is 5.10. The molecule has 0 atom stereocenters. The molecule has 0 aliphatic carbocycles. The second kappa shape index (κ2) is 6.98. The van der Waals surface area contributed by atoms with Crippen LogP contribution in [-0.4, -0.2) is 24.0 Å². The Hall–Kier alpha value is -2.45. The largest absolute Gasteiger partial charge is 0.465 e. The lowest BCUT2D eigenvalue weighted by Gasteiger charge is -2.03. The Morgan fingerprint density at radius 3 is 2.83 bits per heavy atom. The van der Waals surface area contributed by atoms with E-state index in [0.717, 1.165) is 10.6 Å². The first-order valence-electron chi connectivity index (χ1n) is 6.92. The van der Waals surface area contributed by atoms with E-state index in [1.54, 1.807) is 18.3 Å². The van der Waals surface area contributed by atoms with Crippen molar-refractivity contribution in [3.63, 3.8) is 0 Å². The van der Waals surface area contributed by atoms with Crippen LogP contribution in [0.2, 0.25) is 0 Å². The zero-order valence-electron chi connectivity index (χ0n) is 12.9. The maximum absolute atomic E-state index is 12.3. The summed E-state index contributed by atoms with van der Waals surface area (Å²) < 4.78 is 15.1. The normalized spacial score (nSPS) is 10.6. The van der Waals surface area contributed by atoms with E-state index < -0.39 is 11.9 Å². The summed E-state index contributed by atoms with van der Waals surface area (Å²) in [6, 6.07) is 3.42. The van der Waals surface area contributed by atoms with Gasteiger partial charge in [0.2, 0.25) is 0 Å². The average Bonchev–Trinajstić information content (AvgIpc) is 3.31. The monoisotopic (exact) mass is 363 g/mol. The number of hydrogen-bond donors (Lipinski definition) is 0. The van der Waals surface area contributed by atoms with E-state index in [0.29, 0.717) is 10.6 Å². The van der Waals surface area contributed by atoms with Gasteiger partial charge in [-0.25, -0.2) is 14.6 Å². The van der Waals surface area contributed by atoms with Crippen LogP contribution in [0.25, 0.3) is 10.6 Å². The van der Waals surface area contributed by atoms with Crippen LogP contribution in [0.4, 0.5) is 0 Å². The fourth-order valence-electron chi connectivity index (χ4n) is 2.04. The highest BCUT2D eigenvalue weighted by Gasteiger charge is 2.20. The maximum atomic E-state index is 12.3. The Kier molecular flexibility index (Phi) is 4.77. The quantitative estimate of drug-likeness (QED) is 0.639. The van der Waals surface area contributed by atoms with E-state index >= 15 is 0 Å². The van der Waals surface area contributed by atoms with E-state index in [4.69, 9.17) is 9.15 Å². The Morgan fingerprint density at radius 2 is 2.12 bits per heavy atom. The van der Waals surface area contributed by atoms with Gasteiger partial charge in [0.05, 0.1) is 19.1 Å². The number of aromatic nitrogens is 1. The molecular formula is C16H13NO5S2. The molecule has 124 valence electrons. The second-order valence-corrected chi connectivity index (χ2v) is 6.55. The van der Waals surface area contributed by atoms with E-state index in [-0.39, 0.29) is 17.9 Å². The van der Waals surface area contributed by atoms with Crippen LogP contribution < -0.4 is 0 Å². The zero-order chi connectivity index (χ0) is 17.1. The van der Waals surface area contributed by atoms with E-state index in [1.807, 2.05) is 16.8 Å². The molecule has 3 aromatic rings. The Labute approximate surface area is 145 Å².